The minimum absolute atomic E-state index is 0.0901. The molecule has 5 N–H and O–H groups in total. The van der Waals surface area contributed by atoms with E-state index >= 15 is 0 Å². The summed E-state index contributed by atoms with van der Waals surface area (Å²) in [5.41, 5.74) is -0.490. The first-order valence-corrected chi connectivity index (χ1v) is 14.1. The van der Waals surface area contributed by atoms with E-state index in [-0.39, 0.29) is 5.92 Å². The molecule has 12 heteroatoms. The summed E-state index contributed by atoms with van der Waals surface area (Å²) < 4.78 is 42.6. The lowest BCUT2D eigenvalue weighted by Gasteiger charge is -2.52. The molecule has 0 bridgehead atoms. The maximum atomic E-state index is 11.0. The fourth-order valence-electron chi connectivity index (χ4n) is 6.41. The van der Waals surface area contributed by atoms with Gasteiger partial charge in [-0.25, -0.2) is 0 Å². The van der Waals surface area contributed by atoms with Crippen LogP contribution in [0.3, 0.4) is 0 Å². The van der Waals surface area contributed by atoms with Crippen LogP contribution in [0.2, 0.25) is 0 Å². The predicted molar refractivity (Wildman–Crippen MR) is 129 cm³/mol. The predicted octanol–water partition coefficient (Wildman–Crippen LogP) is -0.794. The van der Waals surface area contributed by atoms with Crippen molar-refractivity contribution in [2.24, 2.45) is 5.92 Å². The molecular formula is C26H44O12. The second-order valence-electron chi connectivity index (χ2n) is 11.5. The van der Waals surface area contributed by atoms with Gasteiger partial charge in [0.2, 0.25) is 0 Å². The molecule has 1 saturated carbocycles. The number of hydrogen-bond acceptors (Lipinski definition) is 12. The summed E-state index contributed by atoms with van der Waals surface area (Å²) in [7, 11) is 0. The first-order chi connectivity index (χ1) is 18.3. The zero-order valence-corrected chi connectivity index (χ0v) is 22.2. The summed E-state index contributed by atoms with van der Waals surface area (Å²) in [6.07, 6.45) is -6.63. The van der Waals surface area contributed by atoms with Crippen molar-refractivity contribution in [2.45, 2.75) is 132 Å². The Kier molecular flexibility index (Phi) is 9.30. The van der Waals surface area contributed by atoms with Crippen molar-refractivity contribution < 1.29 is 58.7 Å². The number of aliphatic hydroxyl groups is 5. The van der Waals surface area contributed by atoms with E-state index in [1.54, 1.807) is 6.92 Å². The van der Waals surface area contributed by atoms with E-state index in [0.717, 1.165) is 32.1 Å². The van der Waals surface area contributed by atoms with Crippen LogP contribution in [0.1, 0.15) is 52.4 Å². The minimum atomic E-state index is -1.42. The SMILES string of the molecule is CC[C@@H]1CCC[C@@H](O[C@@H]2OC(CO)[C@H](O)C3OC4(CCCOC32)COC4)C1O[C@@H]1OC(C)[C@@H](O)C(O)[C@@H]1O. The van der Waals surface area contributed by atoms with Crippen LogP contribution < -0.4 is 0 Å². The summed E-state index contributed by atoms with van der Waals surface area (Å²) in [5.74, 6) is 0.0901. The summed E-state index contributed by atoms with van der Waals surface area (Å²) >= 11 is 0. The molecule has 220 valence electrons. The van der Waals surface area contributed by atoms with E-state index in [9.17, 15) is 25.5 Å². The zero-order chi connectivity index (χ0) is 27.0. The lowest BCUT2D eigenvalue weighted by molar-refractivity contribution is -0.370. The molecule has 4 heterocycles. The molecule has 12 nitrogen and oxygen atoms in total. The molecule has 0 radical (unpaired) electrons. The van der Waals surface area contributed by atoms with Crippen molar-refractivity contribution in [3.8, 4) is 0 Å². The van der Waals surface area contributed by atoms with Crippen molar-refractivity contribution in [3.05, 3.63) is 0 Å². The second kappa shape index (κ2) is 12.2. The van der Waals surface area contributed by atoms with Crippen molar-refractivity contribution in [1.29, 1.82) is 0 Å². The second-order valence-corrected chi connectivity index (χ2v) is 11.5. The molecule has 13 atom stereocenters. The van der Waals surface area contributed by atoms with Gasteiger partial charge in [-0.05, 0) is 38.5 Å². The van der Waals surface area contributed by atoms with Gasteiger partial charge in [-0.1, -0.05) is 19.8 Å². The number of hydrogen-bond donors (Lipinski definition) is 5. The van der Waals surface area contributed by atoms with Gasteiger partial charge in [0.1, 0.15) is 48.3 Å². The standard InChI is InChI=1S/C26H44O12/c1-3-14-6-4-7-15(21(14)37-24-20(31)19(30)17(28)13(2)34-24)35-25-23-22(18(29)16(10-27)36-25)38-26(11-32-12-26)8-5-9-33-23/h13-25,27-31H,3-12H2,1-2H3/t13?,14-,15-,16?,17-,18+,19?,20+,21?,22?,23?,24+,25-/m1/s1. The fourth-order valence-corrected chi connectivity index (χ4v) is 6.41. The Morgan fingerprint density at radius 1 is 0.868 bits per heavy atom. The molecule has 0 amide bonds. The van der Waals surface area contributed by atoms with E-state index < -0.39 is 85.8 Å². The van der Waals surface area contributed by atoms with Gasteiger partial charge in [0.15, 0.2) is 12.6 Å². The molecule has 0 aromatic carbocycles. The molecule has 4 saturated heterocycles. The van der Waals surface area contributed by atoms with Gasteiger partial charge in [-0.3, -0.25) is 0 Å². The van der Waals surface area contributed by atoms with Gasteiger partial charge < -0.3 is 58.7 Å². The zero-order valence-electron chi connectivity index (χ0n) is 22.2. The lowest BCUT2D eigenvalue weighted by atomic mass is 9.82. The molecule has 1 spiro atoms. The molecule has 6 unspecified atom stereocenters. The molecule has 4 aliphatic heterocycles. The van der Waals surface area contributed by atoms with Gasteiger partial charge in [-0.15, -0.1) is 0 Å². The number of rotatable bonds is 6. The van der Waals surface area contributed by atoms with Crippen LogP contribution in [-0.2, 0) is 33.2 Å². The van der Waals surface area contributed by atoms with E-state index in [0.29, 0.717) is 26.2 Å². The third-order valence-electron chi connectivity index (χ3n) is 8.83. The minimum Gasteiger partial charge on any atom is -0.394 e. The summed E-state index contributed by atoms with van der Waals surface area (Å²) in [6.45, 7) is 4.58. The van der Waals surface area contributed by atoms with Crippen LogP contribution in [-0.4, -0.2) is 131 Å². The maximum Gasteiger partial charge on any atom is 0.187 e. The molecule has 0 aromatic rings. The Balaban J connectivity index is 1.35. The third-order valence-corrected chi connectivity index (χ3v) is 8.83. The van der Waals surface area contributed by atoms with Gasteiger partial charge in [-0.2, -0.15) is 0 Å². The van der Waals surface area contributed by atoms with Crippen LogP contribution in [0.25, 0.3) is 0 Å². The monoisotopic (exact) mass is 548 g/mol. The van der Waals surface area contributed by atoms with E-state index in [1.165, 1.54) is 0 Å². The average molecular weight is 549 g/mol. The number of aliphatic hydroxyl groups excluding tert-OH is 5. The average Bonchev–Trinajstić information content (AvgIpc) is 2.87. The van der Waals surface area contributed by atoms with Crippen LogP contribution in [0.15, 0.2) is 0 Å². The molecule has 0 aromatic heterocycles. The largest absolute Gasteiger partial charge is 0.394 e. The molecule has 1 aliphatic carbocycles. The highest BCUT2D eigenvalue weighted by Gasteiger charge is 2.54. The number of fused-ring (bicyclic) bond motifs is 1. The Morgan fingerprint density at radius 2 is 1.66 bits per heavy atom. The molecular weight excluding hydrogens is 504 g/mol. The molecule has 38 heavy (non-hydrogen) atoms. The smallest absolute Gasteiger partial charge is 0.187 e. The molecule has 5 fully saturated rings. The normalized spacial score (nSPS) is 49.5. The third kappa shape index (κ3) is 5.65. The topological polar surface area (TPSA) is 166 Å². The summed E-state index contributed by atoms with van der Waals surface area (Å²) in [6, 6.07) is 0. The highest BCUT2D eigenvalue weighted by atomic mass is 16.7. The Bertz CT molecular complexity index is 767. The fraction of sp³-hybridized carbons (Fsp3) is 1.00. The van der Waals surface area contributed by atoms with Crippen molar-refractivity contribution in [3.63, 3.8) is 0 Å². The van der Waals surface area contributed by atoms with Gasteiger partial charge in [0.25, 0.3) is 0 Å². The Labute approximate surface area is 223 Å². The van der Waals surface area contributed by atoms with E-state index in [2.05, 4.69) is 6.92 Å². The summed E-state index contributed by atoms with van der Waals surface area (Å²) in [4.78, 5) is 0. The van der Waals surface area contributed by atoms with Crippen molar-refractivity contribution >= 4 is 0 Å². The quantitative estimate of drug-likeness (QED) is 0.281. The molecule has 5 aliphatic rings. The van der Waals surface area contributed by atoms with E-state index in [4.69, 9.17) is 33.2 Å². The van der Waals surface area contributed by atoms with Crippen LogP contribution in [0.4, 0.5) is 0 Å². The number of ether oxygens (including phenoxy) is 7. The first-order valence-electron chi connectivity index (χ1n) is 14.1. The molecule has 5 rings (SSSR count). The van der Waals surface area contributed by atoms with Gasteiger partial charge >= 0.3 is 0 Å². The first kappa shape index (κ1) is 29.0. The Morgan fingerprint density at radius 3 is 2.34 bits per heavy atom. The highest BCUT2D eigenvalue weighted by molar-refractivity contribution is 4.99. The van der Waals surface area contributed by atoms with Crippen molar-refractivity contribution in [1.82, 2.24) is 0 Å². The lowest BCUT2D eigenvalue weighted by Crippen LogP contribution is -2.67. The Hall–Kier alpha value is -0.480. The van der Waals surface area contributed by atoms with Gasteiger partial charge in [0.05, 0.1) is 38.1 Å². The van der Waals surface area contributed by atoms with Crippen LogP contribution in [0.5, 0.6) is 0 Å². The van der Waals surface area contributed by atoms with Crippen LogP contribution in [0, 0.1) is 5.92 Å². The van der Waals surface area contributed by atoms with Gasteiger partial charge in [0, 0.05) is 6.61 Å². The van der Waals surface area contributed by atoms with Crippen LogP contribution >= 0.6 is 0 Å². The maximum absolute atomic E-state index is 11.0. The highest BCUT2D eigenvalue weighted by Crippen LogP contribution is 2.40. The van der Waals surface area contributed by atoms with E-state index in [1.807, 2.05) is 0 Å². The summed E-state index contributed by atoms with van der Waals surface area (Å²) in [5, 5.41) is 51.9. The van der Waals surface area contributed by atoms with Crippen molar-refractivity contribution in [2.75, 3.05) is 26.4 Å².